The number of halogens is 3. The number of ether oxygens (including phenoxy) is 3. The number of fused-ring (bicyclic) bond motifs is 1. The van der Waals surface area contributed by atoms with E-state index in [-0.39, 0.29) is 30.2 Å². The van der Waals surface area contributed by atoms with Crippen LogP contribution in [0.15, 0.2) is 71.6 Å². The van der Waals surface area contributed by atoms with Crippen LogP contribution in [0.2, 0.25) is 0 Å². The molecule has 0 aliphatic heterocycles. The van der Waals surface area contributed by atoms with Crippen molar-refractivity contribution in [2.24, 2.45) is 0 Å². The fraction of sp³-hybridized carbons (Fsp3) is 0.258. The van der Waals surface area contributed by atoms with Crippen LogP contribution in [0.1, 0.15) is 23.7 Å². The molecule has 0 radical (unpaired) electrons. The lowest BCUT2D eigenvalue weighted by Crippen LogP contribution is -2.42. The minimum absolute atomic E-state index is 0.136. The van der Waals surface area contributed by atoms with Crippen molar-refractivity contribution in [1.82, 2.24) is 9.29 Å². The molecule has 0 fully saturated rings. The fourth-order valence-electron chi connectivity index (χ4n) is 4.64. The van der Waals surface area contributed by atoms with E-state index in [1.54, 1.807) is 32.0 Å². The molecule has 1 atom stereocenters. The second-order valence-electron chi connectivity index (χ2n) is 9.63. The molecule has 13 heteroatoms. The molecule has 232 valence electrons. The zero-order chi connectivity index (χ0) is 32.1. The minimum atomic E-state index is -4.81. The third-order valence-corrected chi connectivity index (χ3v) is 8.27. The molecule has 1 heterocycles. The number of hydrogen-bond donors (Lipinski definition) is 2. The summed E-state index contributed by atoms with van der Waals surface area (Å²) in [6.45, 7) is 3.80. The molecule has 0 amide bonds. The van der Waals surface area contributed by atoms with Gasteiger partial charge in [-0.25, -0.2) is 8.42 Å². The molecule has 2 N–H and O–H groups in total. The molecular weight excluding hydrogens is 601 g/mol. The number of sulfonamides is 1. The maximum Gasteiger partial charge on any atom is 0.573 e. The highest BCUT2D eigenvalue weighted by atomic mass is 32.2. The quantitative estimate of drug-likeness (QED) is 0.205. The summed E-state index contributed by atoms with van der Waals surface area (Å²) in [7, 11) is -2.76. The summed E-state index contributed by atoms with van der Waals surface area (Å²) in [5.41, 5.74) is 2.56. The summed E-state index contributed by atoms with van der Waals surface area (Å²) in [5.74, 6) is 4.59. The minimum Gasteiger partial charge on any atom is -0.497 e. The van der Waals surface area contributed by atoms with Gasteiger partial charge in [0.15, 0.2) is 0 Å². The van der Waals surface area contributed by atoms with Gasteiger partial charge in [-0.05, 0) is 79.6 Å². The monoisotopic (exact) mass is 630 g/mol. The lowest BCUT2D eigenvalue weighted by molar-refractivity contribution is -0.274. The Kier molecular flexibility index (Phi) is 9.76. The number of rotatable bonds is 12. The Bertz CT molecular complexity index is 1810. The van der Waals surface area contributed by atoms with Crippen molar-refractivity contribution in [1.29, 1.82) is 0 Å². The van der Waals surface area contributed by atoms with Gasteiger partial charge in [-0.2, -0.15) is 4.72 Å². The summed E-state index contributed by atoms with van der Waals surface area (Å²) in [6.07, 6.45) is -5.01. The van der Waals surface area contributed by atoms with E-state index < -0.39 is 28.4 Å². The van der Waals surface area contributed by atoms with Crippen LogP contribution < -0.4 is 18.9 Å². The van der Waals surface area contributed by atoms with E-state index in [4.69, 9.17) is 9.47 Å². The molecule has 4 rings (SSSR count). The number of methoxy groups -OCH3 is 1. The topological polar surface area (TPSA) is 116 Å². The first-order valence-electron chi connectivity index (χ1n) is 13.2. The predicted molar refractivity (Wildman–Crippen MR) is 156 cm³/mol. The van der Waals surface area contributed by atoms with Gasteiger partial charge >= 0.3 is 12.3 Å². The van der Waals surface area contributed by atoms with Crippen LogP contribution in [0, 0.1) is 18.8 Å². The fourth-order valence-corrected chi connectivity index (χ4v) is 5.83. The Morgan fingerprint density at radius 1 is 1.02 bits per heavy atom. The number of carboxylic acids is 1. The van der Waals surface area contributed by atoms with Crippen molar-refractivity contribution >= 4 is 26.9 Å². The first kappa shape index (κ1) is 32.2. The van der Waals surface area contributed by atoms with Crippen molar-refractivity contribution in [3.63, 3.8) is 0 Å². The summed E-state index contributed by atoms with van der Waals surface area (Å²) < 4.78 is 83.0. The second-order valence-corrected chi connectivity index (χ2v) is 11.3. The van der Waals surface area contributed by atoms with Gasteiger partial charge < -0.3 is 23.9 Å². The molecule has 1 aromatic heterocycles. The number of aromatic nitrogens is 1. The SMILES string of the molecule is CC#CCOc1ccc(S(=O)(=O)N[C@@H](Cc2c(C)n(Cc3ccc(OC(F)(F)F)cc3)c3ccc(OC)cc23)C(=O)O)cc1. The number of nitrogens with zero attached hydrogens (tertiary/aromatic N) is 1. The van der Waals surface area contributed by atoms with E-state index in [9.17, 15) is 31.5 Å². The maximum absolute atomic E-state index is 13.2. The van der Waals surface area contributed by atoms with Crippen LogP contribution in [0.4, 0.5) is 13.2 Å². The van der Waals surface area contributed by atoms with Crippen molar-refractivity contribution in [3.05, 3.63) is 83.6 Å². The van der Waals surface area contributed by atoms with Gasteiger partial charge in [-0.1, -0.05) is 18.1 Å². The van der Waals surface area contributed by atoms with Gasteiger partial charge in [0.05, 0.1) is 12.0 Å². The first-order valence-corrected chi connectivity index (χ1v) is 14.7. The van der Waals surface area contributed by atoms with Gasteiger partial charge in [0.25, 0.3) is 0 Å². The molecular formula is C31H29F3N2O7S. The number of carboxylic acid groups (broad SMARTS) is 1. The molecule has 44 heavy (non-hydrogen) atoms. The third-order valence-electron chi connectivity index (χ3n) is 6.78. The predicted octanol–water partition coefficient (Wildman–Crippen LogP) is 5.28. The van der Waals surface area contributed by atoms with Crippen LogP contribution in [-0.2, 0) is 27.8 Å². The normalized spacial score (nSPS) is 12.3. The van der Waals surface area contributed by atoms with E-state index in [2.05, 4.69) is 21.3 Å². The average Bonchev–Trinajstić information content (AvgIpc) is 3.22. The molecule has 0 aliphatic carbocycles. The van der Waals surface area contributed by atoms with E-state index in [0.717, 1.165) is 0 Å². The number of nitrogens with one attached hydrogen (secondary N) is 1. The van der Waals surface area contributed by atoms with E-state index in [0.29, 0.717) is 39.2 Å². The molecule has 0 bridgehead atoms. The van der Waals surface area contributed by atoms with Gasteiger partial charge in [0.1, 0.15) is 29.9 Å². The highest BCUT2D eigenvalue weighted by molar-refractivity contribution is 7.89. The van der Waals surface area contributed by atoms with Gasteiger partial charge in [0, 0.05) is 29.6 Å². The smallest absolute Gasteiger partial charge is 0.497 e. The highest BCUT2D eigenvalue weighted by Crippen LogP contribution is 2.32. The van der Waals surface area contributed by atoms with Gasteiger partial charge in [0.2, 0.25) is 10.0 Å². The van der Waals surface area contributed by atoms with Crippen molar-refractivity contribution in [3.8, 4) is 29.1 Å². The van der Waals surface area contributed by atoms with Crippen LogP contribution in [0.25, 0.3) is 10.9 Å². The molecule has 0 saturated heterocycles. The zero-order valence-electron chi connectivity index (χ0n) is 23.9. The lowest BCUT2D eigenvalue weighted by atomic mass is 10.0. The zero-order valence-corrected chi connectivity index (χ0v) is 24.8. The Balaban J connectivity index is 1.64. The number of carbonyl (C=O) groups is 1. The third kappa shape index (κ3) is 7.83. The van der Waals surface area contributed by atoms with Crippen LogP contribution in [-0.4, -0.2) is 50.2 Å². The summed E-state index contributed by atoms with van der Waals surface area (Å²) in [5, 5.41) is 10.7. The Labute approximate surface area is 252 Å². The van der Waals surface area contributed by atoms with Crippen molar-refractivity contribution in [2.75, 3.05) is 13.7 Å². The van der Waals surface area contributed by atoms with E-state index in [1.807, 2.05) is 4.57 Å². The molecule has 4 aromatic rings. The molecule has 0 unspecified atom stereocenters. The summed E-state index contributed by atoms with van der Waals surface area (Å²) in [4.78, 5) is 12.2. The number of aliphatic carboxylic acids is 1. The standard InChI is InChI=1S/C31H29F3N2O7S/c1-4-5-16-42-22-10-13-25(14-11-22)44(39,40)35-28(30(37)38)18-26-20(2)36(29-15-12-24(41-3)17-27(26)29)19-21-6-8-23(9-7-21)43-31(32,33)34/h6-15,17,28,35H,16,18-19H2,1-3H3,(H,37,38)/t28-/m0/s1. The van der Waals surface area contributed by atoms with Crippen molar-refractivity contribution < 1.29 is 45.7 Å². The van der Waals surface area contributed by atoms with Gasteiger partial charge in [-0.3, -0.25) is 4.79 Å². The lowest BCUT2D eigenvalue weighted by Gasteiger charge is -2.16. The average molecular weight is 631 g/mol. The molecule has 9 nitrogen and oxygen atoms in total. The number of benzene rings is 3. The summed E-state index contributed by atoms with van der Waals surface area (Å²) in [6, 6.07) is 14.6. The van der Waals surface area contributed by atoms with Gasteiger partial charge in [-0.15, -0.1) is 19.1 Å². The number of hydrogen-bond acceptors (Lipinski definition) is 6. The Morgan fingerprint density at radius 3 is 2.25 bits per heavy atom. The molecule has 0 spiro atoms. The van der Waals surface area contributed by atoms with E-state index in [1.165, 1.54) is 55.6 Å². The molecule has 0 saturated carbocycles. The maximum atomic E-state index is 13.2. The Hall–Kier alpha value is -4.67. The van der Waals surface area contributed by atoms with Crippen LogP contribution >= 0.6 is 0 Å². The van der Waals surface area contributed by atoms with Crippen LogP contribution in [0.3, 0.4) is 0 Å². The molecule has 0 aliphatic rings. The first-order chi connectivity index (χ1) is 20.8. The Morgan fingerprint density at radius 2 is 1.66 bits per heavy atom. The van der Waals surface area contributed by atoms with Crippen molar-refractivity contribution in [2.45, 2.75) is 44.1 Å². The highest BCUT2D eigenvalue weighted by Gasteiger charge is 2.31. The second kappa shape index (κ2) is 13.3. The largest absolute Gasteiger partial charge is 0.573 e. The summed E-state index contributed by atoms with van der Waals surface area (Å²) >= 11 is 0. The van der Waals surface area contributed by atoms with Crippen LogP contribution in [0.5, 0.6) is 17.2 Å². The van der Waals surface area contributed by atoms with E-state index >= 15 is 0 Å². The molecule has 3 aromatic carbocycles. The number of alkyl halides is 3.